The molecule has 0 unspecified atom stereocenters. The average Bonchev–Trinajstić information content (AvgIpc) is 3.35. The summed E-state index contributed by atoms with van der Waals surface area (Å²) in [5.41, 5.74) is 1.51. The van der Waals surface area contributed by atoms with Crippen LogP contribution in [0.15, 0.2) is 42.5 Å². The topological polar surface area (TPSA) is 73.7 Å². The van der Waals surface area contributed by atoms with Crippen molar-refractivity contribution in [3.05, 3.63) is 68.6 Å². The van der Waals surface area contributed by atoms with E-state index in [2.05, 4.69) is 5.10 Å². The Hall–Kier alpha value is -2.84. The minimum Gasteiger partial charge on any atom is -0.496 e. The van der Waals surface area contributed by atoms with Crippen LogP contribution >= 0.6 is 22.9 Å². The van der Waals surface area contributed by atoms with Crippen molar-refractivity contribution in [1.82, 2.24) is 14.7 Å². The largest absolute Gasteiger partial charge is 0.496 e. The molecule has 1 saturated heterocycles. The van der Waals surface area contributed by atoms with Crippen molar-refractivity contribution in [2.24, 2.45) is 0 Å². The van der Waals surface area contributed by atoms with Crippen LogP contribution in [0, 0.1) is 0 Å². The number of rotatable bonds is 6. The Morgan fingerprint density at radius 3 is 2.53 bits per heavy atom. The number of hydrogen-bond donors (Lipinski definition) is 0. The Labute approximate surface area is 208 Å². The van der Waals surface area contributed by atoms with Gasteiger partial charge >= 0.3 is 6.09 Å². The molecule has 7 nitrogen and oxygen atoms in total. The van der Waals surface area contributed by atoms with Crippen LogP contribution in [0.4, 0.5) is 4.79 Å². The molecule has 1 fully saturated rings. The molecular weight excluding hydrogens is 474 g/mol. The highest BCUT2D eigenvalue weighted by Gasteiger charge is 2.36. The van der Waals surface area contributed by atoms with Gasteiger partial charge in [0.2, 0.25) is 0 Å². The summed E-state index contributed by atoms with van der Waals surface area (Å²) in [4.78, 5) is 28.6. The first-order valence-electron chi connectivity index (χ1n) is 11.1. The van der Waals surface area contributed by atoms with E-state index >= 15 is 0 Å². The first-order chi connectivity index (χ1) is 16.1. The Kier molecular flexibility index (Phi) is 7.00. The number of ether oxygens (including phenoxy) is 2. The highest BCUT2D eigenvalue weighted by molar-refractivity contribution is 7.16. The SMILES string of the molecule is COc1ccccc1C(=O)n1nc(C2CN(C(=O)OC(C)(C)C)C2)cc1CCc1ccc(Cl)s1. The van der Waals surface area contributed by atoms with Gasteiger partial charge in [0.05, 0.1) is 22.7 Å². The summed E-state index contributed by atoms with van der Waals surface area (Å²) in [6, 6.07) is 13.0. The van der Waals surface area contributed by atoms with Crippen LogP contribution in [-0.2, 0) is 17.6 Å². The number of benzene rings is 1. The predicted octanol–water partition coefficient (Wildman–Crippen LogP) is 5.41. The van der Waals surface area contributed by atoms with Crippen molar-refractivity contribution in [1.29, 1.82) is 0 Å². The Morgan fingerprint density at radius 2 is 1.88 bits per heavy atom. The molecule has 2 aromatic heterocycles. The lowest BCUT2D eigenvalue weighted by Gasteiger charge is -2.38. The standard InChI is InChI=1S/C25H28ClN3O4S/c1-25(2,3)33-24(31)28-14-16(15-28)20-13-17(9-10-18-11-12-22(26)34-18)29(27-20)23(30)19-7-5-6-8-21(19)32-4/h5-8,11-13,16H,9-10,14-15H2,1-4H3. The van der Waals surface area contributed by atoms with Gasteiger partial charge in [0.25, 0.3) is 5.91 Å². The van der Waals surface area contributed by atoms with E-state index in [1.165, 1.54) is 16.0 Å². The van der Waals surface area contributed by atoms with Crippen LogP contribution < -0.4 is 4.74 Å². The lowest BCUT2D eigenvalue weighted by Crippen LogP contribution is -2.50. The molecule has 1 aromatic carbocycles. The molecule has 3 aromatic rings. The quantitative estimate of drug-likeness (QED) is 0.451. The third-order valence-electron chi connectivity index (χ3n) is 5.54. The lowest BCUT2D eigenvalue weighted by molar-refractivity contribution is 0.00780. The highest BCUT2D eigenvalue weighted by Crippen LogP contribution is 2.30. The molecule has 0 aliphatic carbocycles. The minimum atomic E-state index is -0.539. The molecular formula is C25H28ClN3O4S. The highest BCUT2D eigenvalue weighted by atomic mass is 35.5. The van der Waals surface area contributed by atoms with Gasteiger partial charge in [-0.2, -0.15) is 5.10 Å². The number of hydrogen-bond acceptors (Lipinski definition) is 6. The Morgan fingerprint density at radius 1 is 1.15 bits per heavy atom. The van der Waals surface area contributed by atoms with E-state index in [1.54, 1.807) is 30.2 Å². The molecule has 1 aliphatic heterocycles. The van der Waals surface area contributed by atoms with Crippen molar-refractivity contribution in [2.75, 3.05) is 20.2 Å². The van der Waals surface area contributed by atoms with E-state index < -0.39 is 5.60 Å². The molecule has 34 heavy (non-hydrogen) atoms. The smallest absolute Gasteiger partial charge is 0.410 e. The van der Waals surface area contributed by atoms with Gasteiger partial charge in [0.1, 0.15) is 11.4 Å². The molecule has 1 aliphatic rings. The van der Waals surface area contributed by atoms with Crippen molar-refractivity contribution < 1.29 is 19.1 Å². The third-order valence-corrected chi connectivity index (χ3v) is 6.83. The van der Waals surface area contributed by atoms with E-state index in [0.717, 1.165) is 27.0 Å². The maximum atomic E-state index is 13.5. The first-order valence-corrected chi connectivity index (χ1v) is 12.3. The number of carbonyl (C=O) groups excluding carboxylic acids is 2. The predicted molar refractivity (Wildman–Crippen MR) is 132 cm³/mol. The van der Waals surface area contributed by atoms with E-state index in [9.17, 15) is 9.59 Å². The van der Waals surface area contributed by atoms with Gasteiger partial charge in [-0.15, -0.1) is 11.3 Å². The summed E-state index contributed by atoms with van der Waals surface area (Å²) in [5, 5.41) is 4.68. The van der Waals surface area contributed by atoms with Crippen LogP contribution in [-0.4, -0.2) is 52.5 Å². The van der Waals surface area contributed by atoms with Crippen LogP contribution in [0.3, 0.4) is 0 Å². The number of aryl methyl sites for hydroxylation is 2. The molecule has 1 amide bonds. The van der Waals surface area contributed by atoms with Crippen molar-refractivity contribution in [3.8, 4) is 5.75 Å². The molecule has 180 valence electrons. The maximum Gasteiger partial charge on any atom is 0.410 e. The minimum absolute atomic E-state index is 0.0502. The van der Waals surface area contributed by atoms with E-state index in [0.29, 0.717) is 30.8 Å². The molecule has 0 atom stereocenters. The molecule has 3 heterocycles. The average molecular weight is 502 g/mol. The molecule has 4 rings (SSSR count). The molecule has 0 saturated carbocycles. The Bertz CT molecular complexity index is 1190. The van der Waals surface area contributed by atoms with Crippen LogP contribution in [0.5, 0.6) is 5.75 Å². The molecule has 0 radical (unpaired) electrons. The summed E-state index contributed by atoms with van der Waals surface area (Å²) in [6.45, 7) is 6.56. The number of halogens is 1. The second kappa shape index (κ2) is 9.80. The lowest BCUT2D eigenvalue weighted by atomic mass is 9.96. The summed E-state index contributed by atoms with van der Waals surface area (Å²) < 4.78 is 13.1. The number of methoxy groups -OCH3 is 1. The van der Waals surface area contributed by atoms with Gasteiger partial charge in [-0.1, -0.05) is 23.7 Å². The summed E-state index contributed by atoms with van der Waals surface area (Å²) >= 11 is 7.61. The van der Waals surface area contributed by atoms with Gasteiger partial charge < -0.3 is 14.4 Å². The fraction of sp³-hybridized carbons (Fsp3) is 0.400. The molecule has 0 spiro atoms. The van der Waals surface area contributed by atoms with Gasteiger partial charge in [-0.25, -0.2) is 9.48 Å². The van der Waals surface area contributed by atoms with E-state index in [-0.39, 0.29) is 17.9 Å². The Balaban J connectivity index is 1.56. The van der Waals surface area contributed by atoms with E-state index in [4.69, 9.17) is 21.1 Å². The fourth-order valence-corrected chi connectivity index (χ4v) is 4.89. The number of aromatic nitrogens is 2. The fourth-order valence-electron chi connectivity index (χ4n) is 3.81. The number of likely N-dealkylation sites (tertiary alicyclic amines) is 1. The van der Waals surface area contributed by atoms with Crippen LogP contribution in [0.2, 0.25) is 4.34 Å². The van der Waals surface area contributed by atoms with Gasteiger partial charge in [0, 0.05) is 29.6 Å². The second-order valence-electron chi connectivity index (χ2n) is 9.27. The van der Waals surface area contributed by atoms with Crippen LogP contribution in [0.1, 0.15) is 53.3 Å². The zero-order valence-electron chi connectivity index (χ0n) is 19.7. The summed E-state index contributed by atoms with van der Waals surface area (Å²) in [6.07, 6.45) is 1.05. The van der Waals surface area contributed by atoms with Crippen molar-refractivity contribution >= 4 is 34.9 Å². The molecule has 9 heteroatoms. The number of thiophene rings is 1. The summed E-state index contributed by atoms with van der Waals surface area (Å²) in [5.74, 6) is 0.306. The number of para-hydroxylation sites is 1. The van der Waals surface area contributed by atoms with E-state index in [1.807, 2.05) is 45.0 Å². The molecule has 0 bridgehead atoms. The van der Waals surface area contributed by atoms with Crippen molar-refractivity contribution in [3.63, 3.8) is 0 Å². The van der Waals surface area contributed by atoms with Crippen LogP contribution in [0.25, 0.3) is 0 Å². The monoisotopic (exact) mass is 501 g/mol. The summed E-state index contributed by atoms with van der Waals surface area (Å²) in [7, 11) is 1.54. The zero-order chi connectivity index (χ0) is 24.5. The van der Waals surface area contributed by atoms with Gasteiger partial charge in [-0.05, 0) is 63.9 Å². The number of nitrogens with zero attached hydrogens (tertiary/aromatic N) is 3. The maximum absolute atomic E-state index is 13.5. The number of carbonyl (C=O) groups is 2. The van der Waals surface area contributed by atoms with Crippen molar-refractivity contribution in [2.45, 2.75) is 45.1 Å². The normalized spacial score (nSPS) is 14.1. The van der Waals surface area contributed by atoms with Gasteiger partial charge in [0.15, 0.2) is 0 Å². The second-order valence-corrected chi connectivity index (χ2v) is 11.1. The number of amides is 1. The zero-order valence-corrected chi connectivity index (χ0v) is 21.3. The third kappa shape index (κ3) is 5.45. The molecule has 0 N–H and O–H groups in total. The first kappa shape index (κ1) is 24.3. The van der Waals surface area contributed by atoms with Gasteiger partial charge in [-0.3, -0.25) is 4.79 Å².